The van der Waals surface area contributed by atoms with Crippen molar-refractivity contribution in [3.63, 3.8) is 0 Å². The normalized spacial score (nSPS) is 18.0. The highest BCUT2D eigenvalue weighted by molar-refractivity contribution is 5.58. The van der Waals surface area contributed by atoms with E-state index in [2.05, 4.69) is 25.5 Å². The average Bonchev–Trinajstić information content (AvgIpc) is 2.42. The molecule has 0 saturated heterocycles. The van der Waals surface area contributed by atoms with E-state index in [0.29, 0.717) is 0 Å². The standard InChI is InChI=1S/C13H13N5/c1-3-14-5-9-7-18-8-10-6-15-4-2-12(10)17-13(18)16-11(1)9/h1-6,13,16-17H,7-8H2. The zero-order valence-electron chi connectivity index (χ0n) is 9.80. The first-order valence-electron chi connectivity index (χ1n) is 6.03. The molecule has 4 heterocycles. The Kier molecular flexibility index (Phi) is 2.01. The molecule has 0 bridgehead atoms. The minimum atomic E-state index is 0.148. The number of pyridine rings is 2. The zero-order chi connectivity index (χ0) is 11.9. The van der Waals surface area contributed by atoms with E-state index in [1.54, 1.807) is 0 Å². The SMILES string of the molecule is c1cc2c(cn1)CN1Cc3cnccc3NC1N2. The van der Waals surface area contributed by atoms with Gasteiger partial charge in [0.2, 0.25) is 0 Å². The van der Waals surface area contributed by atoms with Gasteiger partial charge >= 0.3 is 0 Å². The summed E-state index contributed by atoms with van der Waals surface area (Å²) in [5.74, 6) is 0. The Morgan fingerprint density at radius 2 is 1.50 bits per heavy atom. The van der Waals surface area contributed by atoms with E-state index in [4.69, 9.17) is 0 Å². The van der Waals surface area contributed by atoms with Crippen molar-refractivity contribution in [3.8, 4) is 0 Å². The molecule has 2 aromatic heterocycles. The Hall–Kier alpha value is -2.14. The summed E-state index contributed by atoms with van der Waals surface area (Å²) in [5, 5.41) is 6.99. The van der Waals surface area contributed by atoms with Crippen molar-refractivity contribution in [2.75, 3.05) is 10.6 Å². The first-order chi connectivity index (χ1) is 8.90. The number of fused-ring (bicyclic) bond motifs is 3. The van der Waals surface area contributed by atoms with Gasteiger partial charge in [0.05, 0.1) is 0 Å². The lowest BCUT2D eigenvalue weighted by Gasteiger charge is -2.42. The van der Waals surface area contributed by atoms with Crippen LogP contribution in [0.25, 0.3) is 0 Å². The molecule has 0 amide bonds. The van der Waals surface area contributed by atoms with Crippen LogP contribution in [0.3, 0.4) is 0 Å². The van der Waals surface area contributed by atoms with Gasteiger partial charge in [-0.25, -0.2) is 0 Å². The van der Waals surface area contributed by atoms with Crippen molar-refractivity contribution < 1.29 is 0 Å². The molecule has 2 aliphatic rings. The van der Waals surface area contributed by atoms with E-state index < -0.39 is 0 Å². The third-order valence-electron chi connectivity index (χ3n) is 3.50. The quantitative estimate of drug-likeness (QED) is 0.731. The van der Waals surface area contributed by atoms with Crippen LogP contribution >= 0.6 is 0 Å². The molecule has 90 valence electrons. The fourth-order valence-corrected chi connectivity index (χ4v) is 2.58. The monoisotopic (exact) mass is 239 g/mol. The highest BCUT2D eigenvalue weighted by atomic mass is 15.4. The Morgan fingerprint density at radius 1 is 0.944 bits per heavy atom. The van der Waals surface area contributed by atoms with Crippen molar-refractivity contribution in [2.24, 2.45) is 0 Å². The molecule has 0 atom stereocenters. The van der Waals surface area contributed by atoms with E-state index in [-0.39, 0.29) is 6.29 Å². The number of nitrogens with zero attached hydrogens (tertiary/aromatic N) is 3. The van der Waals surface area contributed by atoms with E-state index in [9.17, 15) is 0 Å². The summed E-state index contributed by atoms with van der Waals surface area (Å²) in [4.78, 5) is 10.7. The average molecular weight is 239 g/mol. The summed E-state index contributed by atoms with van der Waals surface area (Å²) >= 11 is 0. The van der Waals surface area contributed by atoms with Crippen LogP contribution in [0.5, 0.6) is 0 Å². The van der Waals surface area contributed by atoms with E-state index in [1.807, 2.05) is 36.9 Å². The number of hydrogen-bond acceptors (Lipinski definition) is 5. The van der Waals surface area contributed by atoms with Crippen LogP contribution in [0.2, 0.25) is 0 Å². The molecule has 18 heavy (non-hydrogen) atoms. The molecule has 5 nitrogen and oxygen atoms in total. The van der Waals surface area contributed by atoms with Gasteiger partial charge in [-0.3, -0.25) is 14.9 Å². The van der Waals surface area contributed by atoms with Gasteiger partial charge in [0.25, 0.3) is 0 Å². The van der Waals surface area contributed by atoms with Gasteiger partial charge in [0, 0.05) is 60.4 Å². The van der Waals surface area contributed by atoms with Crippen LogP contribution in [-0.4, -0.2) is 21.2 Å². The minimum absolute atomic E-state index is 0.148. The van der Waals surface area contributed by atoms with Gasteiger partial charge in [-0.2, -0.15) is 0 Å². The molecule has 2 aromatic rings. The second kappa shape index (κ2) is 3.68. The third kappa shape index (κ3) is 1.44. The van der Waals surface area contributed by atoms with Crippen LogP contribution in [0, 0.1) is 0 Å². The Morgan fingerprint density at radius 3 is 2.06 bits per heavy atom. The maximum absolute atomic E-state index is 4.18. The largest absolute Gasteiger partial charge is 0.353 e. The van der Waals surface area contributed by atoms with Crippen molar-refractivity contribution in [1.82, 2.24) is 14.9 Å². The molecule has 0 saturated carbocycles. The number of hydrogen-bond donors (Lipinski definition) is 2. The summed E-state index contributed by atoms with van der Waals surface area (Å²) in [5.41, 5.74) is 4.80. The van der Waals surface area contributed by atoms with Crippen molar-refractivity contribution in [3.05, 3.63) is 48.0 Å². The smallest absolute Gasteiger partial charge is 0.156 e. The lowest BCUT2D eigenvalue weighted by atomic mass is 10.1. The summed E-state index contributed by atoms with van der Waals surface area (Å²) in [7, 11) is 0. The molecule has 0 radical (unpaired) electrons. The zero-order valence-corrected chi connectivity index (χ0v) is 9.80. The maximum Gasteiger partial charge on any atom is 0.156 e. The Labute approximate surface area is 105 Å². The number of rotatable bonds is 0. The van der Waals surface area contributed by atoms with E-state index in [0.717, 1.165) is 24.5 Å². The van der Waals surface area contributed by atoms with Crippen molar-refractivity contribution in [2.45, 2.75) is 19.4 Å². The van der Waals surface area contributed by atoms with Crippen LogP contribution in [-0.2, 0) is 13.1 Å². The van der Waals surface area contributed by atoms with Crippen LogP contribution in [0.4, 0.5) is 11.4 Å². The summed E-state index contributed by atoms with van der Waals surface area (Å²) in [6.07, 6.45) is 7.65. The number of nitrogens with one attached hydrogen (secondary N) is 2. The molecule has 0 unspecified atom stereocenters. The molecule has 2 aliphatic heterocycles. The Bertz CT molecular complexity index is 494. The lowest BCUT2D eigenvalue weighted by molar-refractivity contribution is 0.197. The van der Waals surface area contributed by atoms with E-state index in [1.165, 1.54) is 11.1 Å². The van der Waals surface area contributed by atoms with E-state index >= 15 is 0 Å². The topological polar surface area (TPSA) is 53.1 Å². The molecule has 4 rings (SSSR count). The van der Waals surface area contributed by atoms with Crippen LogP contribution in [0.1, 0.15) is 11.1 Å². The second-order valence-corrected chi connectivity index (χ2v) is 4.66. The van der Waals surface area contributed by atoms with Crippen LogP contribution in [0.15, 0.2) is 36.9 Å². The first kappa shape index (κ1) is 9.85. The van der Waals surface area contributed by atoms with Gasteiger partial charge in [0.15, 0.2) is 6.29 Å². The first-order valence-corrected chi connectivity index (χ1v) is 6.03. The van der Waals surface area contributed by atoms with Gasteiger partial charge in [0.1, 0.15) is 0 Å². The number of aromatic nitrogens is 2. The minimum Gasteiger partial charge on any atom is -0.353 e. The summed E-state index contributed by atoms with van der Waals surface area (Å²) in [6.45, 7) is 1.81. The number of anilines is 2. The predicted molar refractivity (Wildman–Crippen MR) is 68.8 cm³/mol. The van der Waals surface area contributed by atoms with Gasteiger partial charge in [-0.05, 0) is 12.1 Å². The fraction of sp³-hybridized carbons (Fsp3) is 0.231. The predicted octanol–water partition coefficient (Wildman–Crippen LogP) is 1.61. The molecule has 2 N–H and O–H groups in total. The lowest BCUT2D eigenvalue weighted by Crippen LogP contribution is -2.51. The van der Waals surface area contributed by atoms with Gasteiger partial charge in [-0.15, -0.1) is 0 Å². The third-order valence-corrected chi connectivity index (χ3v) is 3.50. The molecule has 0 aliphatic carbocycles. The molecular formula is C13H13N5. The molecule has 0 aromatic carbocycles. The Balaban J connectivity index is 1.70. The molecule has 5 heteroatoms. The maximum atomic E-state index is 4.18. The molecule has 0 spiro atoms. The molecular weight excluding hydrogens is 226 g/mol. The van der Waals surface area contributed by atoms with Crippen molar-refractivity contribution >= 4 is 11.4 Å². The van der Waals surface area contributed by atoms with Gasteiger partial charge in [-0.1, -0.05) is 0 Å². The summed E-state index contributed by atoms with van der Waals surface area (Å²) < 4.78 is 0. The van der Waals surface area contributed by atoms with Gasteiger partial charge < -0.3 is 10.6 Å². The molecule has 0 fully saturated rings. The van der Waals surface area contributed by atoms with Crippen molar-refractivity contribution in [1.29, 1.82) is 0 Å². The second-order valence-electron chi connectivity index (χ2n) is 4.66. The summed E-state index contributed by atoms with van der Waals surface area (Å²) in [6, 6.07) is 4.05. The highest BCUT2D eigenvalue weighted by Crippen LogP contribution is 2.31. The fourth-order valence-electron chi connectivity index (χ4n) is 2.58. The highest BCUT2D eigenvalue weighted by Gasteiger charge is 2.29. The van der Waals surface area contributed by atoms with Crippen LogP contribution < -0.4 is 10.6 Å².